The number of carbonyl (C=O) groups excluding carboxylic acids is 2. The van der Waals surface area contributed by atoms with Gasteiger partial charge in [-0.2, -0.15) is 0 Å². The van der Waals surface area contributed by atoms with Crippen LogP contribution in [0.5, 0.6) is 0 Å². The molecule has 0 spiro atoms. The number of anilines is 3. The number of aliphatic hydroxyl groups is 1. The van der Waals surface area contributed by atoms with Gasteiger partial charge in [0.25, 0.3) is 0 Å². The van der Waals surface area contributed by atoms with Gasteiger partial charge in [-0.25, -0.2) is 0 Å². The zero-order valence-corrected chi connectivity index (χ0v) is 23.7. The molecule has 212 valence electrons. The standard InChI is InChI=1S/C34H37N3O4/c1-36-22-26(23-41-2)19-32(36)34(40)21-25-5-11-29(12-6-25)35-28-9-3-24(4-10-28)20-33(39)27-7-13-30(14-8-27)37-17-15-31(38)16-18-37/h3-14,19,22,31,35,38H,15-18,20-21,23H2,1-2H3. The SMILES string of the molecule is COCc1cc(C(=O)Cc2ccc(Nc3ccc(CC(=O)c4ccc(N5CCC(O)CC5)cc4)cc3)cc2)n(C)c1. The summed E-state index contributed by atoms with van der Waals surface area (Å²) in [5.74, 6) is 0.154. The molecule has 1 saturated heterocycles. The van der Waals surface area contributed by atoms with Crippen molar-refractivity contribution < 1.29 is 19.4 Å². The minimum Gasteiger partial charge on any atom is -0.393 e. The first-order valence-electron chi connectivity index (χ1n) is 14.1. The number of Topliss-reactive ketones (excluding diaryl/α,β-unsaturated/α-hetero) is 2. The second-order valence-electron chi connectivity index (χ2n) is 10.8. The minimum absolute atomic E-state index is 0.0689. The largest absolute Gasteiger partial charge is 0.393 e. The number of ether oxygens (including phenoxy) is 1. The van der Waals surface area contributed by atoms with E-state index in [1.54, 1.807) is 7.11 Å². The van der Waals surface area contributed by atoms with Crippen molar-refractivity contribution in [1.82, 2.24) is 4.57 Å². The van der Waals surface area contributed by atoms with Gasteiger partial charge in [-0.15, -0.1) is 0 Å². The molecule has 2 heterocycles. The average molecular weight is 552 g/mol. The number of aromatic nitrogens is 1. The van der Waals surface area contributed by atoms with Crippen LogP contribution in [0.15, 0.2) is 85.1 Å². The molecule has 0 amide bonds. The Hall–Kier alpha value is -4.20. The molecule has 1 fully saturated rings. The van der Waals surface area contributed by atoms with E-state index in [1.165, 1.54) is 0 Å². The number of hydrogen-bond donors (Lipinski definition) is 2. The lowest BCUT2D eigenvalue weighted by molar-refractivity contribution is 0.0980. The Labute approximate surface area is 241 Å². The molecule has 7 nitrogen and oxygen atoms in total. The molecule has 0 radical (unpaired) electrons. The van der Waals surface area contributed by atoms with Gasteiger partial charge in [0.2, 0.25) is 0 Å². The number of aryl methyl sites for hydroxylation is 1. The molecule has 0 atom stereocenters. The second-order valence-corrected chi connectivity index (χ2v) is 10.8. The minimum atomic E-state index is -0.202. The predicted octanol–water partition coefficient (Wildman–Crippen LogP) is 5.73. The number of piperidine rings is 1. The van der Waals surface area contributed by atoms with Crippen LogP contribution in [0.4, 0.5) is 17.1 Å². The molecule has 5 rings (SSSR count). The van der Waals surface area contributed by atoms with Crippen molar-refractivity contribution in [1.29, 1.82) is 0 Å². The number of hydrogen-bond acceptors (Lipinski definition) is 6. The lowest BCUT2D eigenvalue weighted by Crippen LogP contribution is -2.35. The van der Waals surface area contributed by atoms with Gasteiger partial charge >= 0.3 is 0 Å². The van der Waals surface area contributed by atoms with Crippen LogP contribution in [0.3, 0.4) is 0 Å². The second kappa shape index (κ2) is 13.0. The summed E-state index contributed by atoms with van der Waals surface area (Å²) in [7, 11) is 3.52. The van der Waals surface area contributed by atoms with E-state index >= 15 is 0 Å². The van der Waals surface area contributed by atoms with Gasteiger partial charge in [0.1, 0.15) is 0 Å². The summed E-state index contributed by atoms with van der Waals surface area (Å²) in [4.78, 5) is 27.9. The molecule has 0 saturated carbocycles. The number of benzene rings is 3. The van der Waals surface area contributed by atoms with E-state index in [0.29, 0.717) is 30.7 Å². The first-order valence-corrected chi connectivity index (χ1v) is 14.1. The molecule has 0 bridgehead atoms. The van der Waals surface area contributed by atoms with Crippen molar-refractivity contribution in [2.45, 2.75) is 38.4 Å². The van der Waals surface area contributed by atoms with Crippen molar-refractivity contribution in [2.24, 2.45) is 7.05 Å². The molecular weight excluding hydrogens is 514 g/mol. The van der Waals surface area contributed by atoms with Gasteiger partial charge in [-0.3, -0.25) is 9.59 Å². The van der Waals surface area contributed by atoms with Crippen LogP contribution in [0, 0.1) is 0 Å². The van der Waals surface area contributed by atoms with Gasteiger partial charge < -0.3 is 24.6 Å². The van der Waals surface area contributed by atoms with Crippen molar-refractivity contribution in [3.05, 3.63) is 113 Å². The van der Waals surface area contributed by atoms with Crippen LogP contribution >= 0.6 is 0 Å². The average Bonchev–Trinajstić information content (AvgIpc) is 3.36. The maximum Gasteiger partial charge on any atom is 0.183 e. The maximum atomic E-state index is 12.9. The van der Waals surface area contributed by atoms with Crippen LogP contribution < -0.4 is 10.2 Å². The van der Waals surface area contributed by atoms with E-state index in [-0.39, 0.29) is 17.7 Å². The lowest BCUT2D eigenvalue weighted by atomic mass is 10.0. The van der Waals surface area contributed by atoms with Crippen molar-refractivity contribution >= 4 is 28.6 Å². The van der Waals surface area contributed by atoms with E-state index in [4.69, 9.17) is 4.74 Å². The topological polar surface area (TPSA) is 83.8 Å². The Morgan fingerprint density at radius 1 is 0.829 bits per heavy atom. The summed E-state index contributed by atoms with van der Waals surface area (Å²) in [5.41, 5.74) is 7.21. The predicted molar refractivity (Wildman–Crippen MR) is 162 cm³/mol. The van der Waals surface area contributed by atoms with Crippen molar-refractivity contribution in [3.63, 3.8) is 0 Å². The number of nitrogens with zero attached hydrogens (tertiary/aromatic N) is 2. The molecule has 2 N–H and O–H groups in total. The Kier molecular flexibility index (Phi) is 8.97. The fraction of sp³-hybridized carbons (Fsp3) is 0.294. The maximum absolute atomic E-state index is 12.9. The number of nitrogens with one attached hydrogen (secondary N) is 1. The highest BCUT2D eigenvalue weighted by Gasteiger charge is 2.18. The van der Waals surface area contributed by atoms with Crippen molar-refractivity contribution in [3.8, 4) is 0 Å². The number of methoxy groups -OCH3 is 1. The highest BCUT2D eigenvalue weighted by atomic mass is 16.5. The first-order chi connectivity index (χ1) is 19.9. The Morgan fingerprint density at radius 3 is 1.95 bits per heavy atom. The third-order valence-electron chi connectivity index (χ3n) is 7.60. The smallest absolute Gasteiger partial charge is 0.183 e. The molecule has 7 heteroatoms. The van der Waals surface area contributed by atoms with Crippen LogP contribution in [-0.2, 0) is 31.2 Å². The fourth-order valence-corrected chi connectivity index (χ4v) is 5.28. The van der Waals surface area contributed by atoms with Gasteiger partial charge in [-0.1, -0.05) is 24.3 Å². The number of rotatable bonds is 11. The van der Waals surface area contributed by atoms with Crippen LogP contribution in [0.2, 0.25) is 0 Å². The van der Waals surface area contributed by atoms with Crippen molar-refractivity contribution in [2.75, 3.05) is 30.4 Å². The summed E-state index contributed by atoms with van der Waals surface area (Å²) >= 11 is 0. The molecule has 1 aliphatic heterocycles. The Bertz CT molecular complexity index is 1470. The number of carbonyl (C=O) groups is 2. The molecular formula is C34H37N3O4. The lowest BCUT2D eigenvalue weighted by Gasteiger charge is -2.31. The van der Waals surface area contributed by atoms with Crippen LogP contribution in [0.1, 0.15) is 50.4 Å². The van der Waals surface area contributed by atoms with E-state index in [0.717, 1.165) is 59.7 Å². The molecule has 3 aromatic carbocycles. The molecule has 4 aromatic rings. The number of ketones is 2. The fourth-order valence-electron chi connectivity index (χ4n) is 5.28. The summed E-state index contributed by atoms with van der Waals surface area (Å²) in [5, 5.41) is 13.1. The Morgan fingerprint density at radius 2 is 1.39 bits per heavy atom. The first kappa shape index (κ1) is 28.3. The van der Waals surface area contributed by atoms with Gasteiger partial charge in [0, 0.05) is 68.9 Å². The van der Waals surface area contributed by atoms with Crippen LogP contribution in [0.25, 0.3) is 0 Å². The van der Waals surface area contributed by atoms with Gasteiger partial charge in [-0.05, 0) is 84.1 Å². The third kappa shape index (κ3) is 7.31. The molecule has 0 aliphatic carbocycles. The summed E-state index contributed by atoms with van der Waals surface area (Å²) in [6.45, 7) is 2.16. The number of aliphatic hydroxyl groups excluding tert-OH is 1. The van der Waals surface area contributed by atoms with Crippen LogP contribution in [-0.4, -0.2) is 47.5 Å². The zero-order chi connectivity index (χ0) is 28.8. The molecule has 0 unspecified atom stereocenters. The molecule has 1 aromatic heterocycles. The summed E-state index contributed by atoms with van der Waals surface area (Å²) in [6.07, 6.45) is 3.95. The monoisotopic (exact) mass is 551 g/mol. The zero-order valence-electron chi connectivity index (χ0n) is 23.7. The van der Waals surface area contributed by atoms with Gasteiger partial charge in [0.05, 0.1) is 18.4 Å². The van der Waals surface area contributed by atoms with E-state index in [1.807, 2.05) is 96.7 Å². The Balaban J connectivity index is 1.12. The third-order valence-corrected chi connectivity index (χ3v) is 7.60. The van der Waals surface area contributed by atoms with E-state index < -0.39 is 0 Å². The highest BCUT2D eigenvalue weighted by Crippen LogP contribution is 2.23. The molecule has 41 heavy (non-hydrogen) atoms. The molecule has 1 aliphatic rings. The summed E-state index contributed by atoms with van der Waals surface area (Å²) in [6, 6.07) is 25.4. The summed E-state index contributed by atoms with van der Waals surface area (Å²) < 4.78 is 7.02. The normalized spacial score (nSPS) is 13.8. The van der Waals surface area contributed by atoms with Gasteiger partial charge in [0.15, 0.2) is 11.6 Å². The quantitative estimate of drug-likeness (QED) is 0.232. The highest BCUT2D eigenvalue weighted by molar-refractivity contribution is 5.98. The van der Waals surface area contributed by atoms with E-state index in [2.05, 4.69) is 10.2 Å². The van der Waals surface area contributed by atoms with E-state index in [9.17, 15) is 14.7 Å².